The SMILES string of the molecule is CCN1CCN(c2c(C)cccc2C#N)CC1. The second kappa shape index (κ2) is 5.20. The number of nitriles is 1. The first kappa shape index (κ1) is 11.9. The number of piperazine rings is 1. The molecule has 0 aliphatic carbocycles. The fourth-order valence-electron chi connectivity index (χ4n) is 2.46. The van der Waals surface area contributed by atoms with Crippen LogP contribution in [-0.2, 0) is 0 Å². The minimum atomic E-state index is 0.801. The average Bonchev–Trinajstić information content (AvgIpc) is 2.38. The smallest absolute Gasteiger partial charge is 0.101 e. The molecule has 0 atom stereocenters. The van der Waals surface area contributed by atoms with Gasteiger partial charge in [0.05, 0.1) is 11.3 Å². The highest BCUT2D eigenvalue weighted by molar-refractivity contribution is 5.64. The second-order valence-corrected chi connectivity index (χ2v) is 4.50. The highest BCUT2D eigenvalue weighted by atomic mass is 15.3. The van der Waals surface area contributed by atoms with Gasteiger partial charge in [-0.05, 0) is 25.1 Å². The number of anilines is 1. The molecule has 1 aromatic rings. The minimum absolute atomic E-state index is 0.801. The molecule has 0 saturated carbocycles. The monoisotopic (exact) mass is 229 g/mol. The predicted octanol–water partition coefficient (Wildman–Crippen LogP) is 2.01. The quantitative estimate of drug-likeness (QED) is 0.777. The van der Waals surface area contributed by atoms with Gasteiger partial charge in [-0.15, -0.1) is 0 Å². The Morgan fingerprint density at radius 1 is 1.24 bits per heavy atom. The van der Waals surface area contributed by atoms with Crippen molar-refractivity contribution in [3.05, 3.63) is 29.3 Å². The summed E-state index contributed by atoms with van der Waals surface area (Å²) in [6.45, 7) is 9.63. The molecular formula is C14H19N3. The van der Waals surface area contributed by atoms with Crippen LogP contribution in [0.5, 0.6) is 0 Å². The van der Waals surface area contributed by atoms with Gasteiger partial charge in [-0.25, -0.2) is 0 Å². The molecule has 0 aromatic heterocycles. The first-order valence-corrected chi connectivity index (χ1v) is 6.23. The molecule has 3 heteroatoms. The Morgan fingerprint density at radius 3 is 2.53 bits per heavy atom. The Hall–Kier alpha value is -1.53. The van der Waals surface area contributed by atoms with Crippen molar-refractivity contribution in [2.24, 2.45) is 0 Å². The van der Waals surface area contributed by atoms with E-state index in [2.05, 4.69) is 35.8 Å². The standard InChI is InChI=1S/C14H19N3/c1-3-16-7-9-17(10-8-16)14-12(2)5-4-6-13(14)11-15/h4-6H,3,7-10H2,1-2H3. The number of nitrogens with zero attached hydrogens (tertiary/aromatic N) is 3. The maximum Gasteiger partial charge on any atom is 0.101 e. The summed E-state index contributed by atoms with van der Waals surface area (Å²) in [5, 5.41) is 9.18. The van der Waals surface area contributed by atoms with E-state index in [1.807, 2.05) is 12.1 Å². The Bertz CT molecular complexity index is 426. The summed E-state index contributed by atoms with van der Waals surface area (Å²) in [6, 6.07) is 8.26. The van der Waals surface area contributed by atoms with Gasteiger partial charge in [0, 0.05) is 26.2 Å². The van der Waals surface area contributed by atoms with Gasteiger partial charge in [0.15, 0.2) is 0 Å². The lowest BCUT2D eigenvalue weighted by atomic mass is 10.1. The third-order valence-electron chi connectivity index (χ3n) is 3.49. The summed E-state index contributed by atoms with van der Waals surface area (Å²) in [6.07, 6.45) is 0. The van der Waals surface area contributed by atoms with E-state index in [4.69, 9.17) is 0 Å². The van der Waals surface area contributed by atoms with Gasteiger partial charge >= 0.3 is 0 Å². The van der Waals surface area contributed by atoms with Crippen molar-refractivity contribution >= 4 is 5.69 Å². The fraction of sp³-hybridized carbons (Fsp3) is 0.500. The number of aryl methyl sites for hydroxylation is 1. The maximum absolute atomic E-state index is 9.18. The van der Waals surface area contributed by atoms with Gasteiger partial charge < -0.3 is 9.80 Å². The average molecular weight is 229 g/mol. The van der Waals surface area contributed by atoms with Crippen molar-refractivity contribution in [2.75, 3.05) is 37.6 Å². The molecule has 90 valence electrons. The molecule has 1 heterocycles. The zero-order valence-corrected chi connectivity index (χ0v) is 10.6. The third-order valence-corrected chi connectivity index (χ3v) is 3.49. The molecule has 0 spiro atoms. The molecule has 0 bridgehead atoms. The molecule has 1 aliphatic heterocycles. The highest BCUT2D eigenvalue weighted by Crippen LogP contribution is 2.25. The molecule has 1 saturated heterocycles. The van der Waals surface area contributed by atoms with Crippen molar-refractivity contribution in [1.82, 2.24) is 4.90 Å². The largest absolute Gasteiger partial charge is 0.368 e. The Labute approximate surface area is 103 Å². The Morgan fingerprint density at radius 2 is 1.94 bits per heavy atom. The lowest BCUT2D eigenvalue weighted by Crippen LogP contribution is -2.46. The fourth-order valence-corrected chi connectivity index (χ4v) is 2.46. The van der Waals surface area contributed by atoms with Gasteiger partial charge in [0.2, 0.25) is 0 Å². The lowest BCUT2D eigenvalue weighted by Gasteiger charge is -2.36. The Kier molecular flexibility index (Phi) is 3.65. The van der Waals surface area contributed by atoms with Crippen LogP contribution in [0.25, 0.3) is 0 Å². The summed E-state index contributed by atoms with van der Waals surface area (Å²) >= 11 is 0. The van der Waals surface area contributed by atoms with Gasteiger partial charge in [-0.2, -0.15) is 5.26 Å². The highest BCUT2D eigenvalue weighted by Gasteiger charge is 2.19. The van der Waals surface area contributed by atoms with E-state index in [9.17, 15) is 5.26 Å². The first-order chi connectivity index (χ1) is 8.26. The van der Waals surface area contributed by atoms with Crippen LogP contribution in [0.3, 0.4) is 0 Å². The lowest BCUT2D eigenvalue weighted by molar-refractivity contribution is 0.271. The van der Waals surface area contributed by atoms with E-state index in [1.54, 1.807) is 0 Å². The molecular weight excluding hydrogens is 210 g/mol. The summed E-state index contributed by atoms with van der Waals surface area (Å²) < 4.78 is 0. The van der Waals surface area contributed by atoms with Gasteiger partial charge in [-0.1, -0.05) is 19.1 Å². The molecule has 0 amide bonds. The molecule has 0 radical (unpaired) electrons. The van der Waals surface area contributed by atoms with Crippen LogP contribution in [0.15, 0.2) is 18.2 Å². The minimum Gasteiger partial charge on any atom is -0.368 e. The summed E-state index contributed by atoms with van der Waals surface area (Å²) in [5.41, 5.74) is 3.13. The topological polar surface area (TPSA) is 30.3 Å². The molecule has 3 nitrogen and oxygen atoms in total. The Balaban J connectivity index is 2.21. The normalized spacial score (nSPS) is 16.9. The van der Waals surface area contributed by atoms with Crippen LogP contribution < -0.4 is 4.90 Å². The third kappa shape index (κ3) is 2.42. The number of para-hydroxylation sites is 1. The van der Waals surface area contributed by atoms with E-state index in [0.29, 0.717) is 0 Å². The van der Waals surface area contributed by atoms with Crippen LogP contribution in [0.1, 0.15) is 18.1 Å². The van der Waals surface area contributed by atoms with E-state index < -0.39 is 0 Å². The van der Waals surface area contributed by atoms with Crippen LogP contribution in [0.2, 0.25) is 0 Å². The van der Waals surface area contributed by atoms with Crippen molar-refractivity contribution in [1.29, 1.82) is 5.26 Å². The van der Waals surface area contributed by atoms with Crippen LogP contribution in [0.4, 0.5) is 5.69 Å². The predicted molar refractivity (Wildman–Crippen MR) is 70.2 cm³/mol. The van der Waals surface area contributed by atoms with Crippen LogP contribution in [0, 0.1) is 18.3 Å². The van der Waals surface area contributed by atoms with Crippen molar-refractivity contribution < 1.29 is 0 Å². The molecule has 0 unspecified atom stereocenters. The van der Waals surface area contributed by atoms with Crippen LogP contribution in [-0.4, -0.2) is 37.6 Å². The molecule has 2 rings (SSSR count). The molecule has 1 aromatic carbocycles. The summed E-state index contributed by atoms with van der Waals surface area (Å²) in [4.78, 5) is 4.79. The van der Waals surface area contributed by atoms with Crippen molar-refractivity contribution in [3.63, 3.8) is 0 Å². The number of hydrogen-bond donors (Lipinski definition) is 0. The number of rotatable bonds is 2. The van der Waals surface area contributed by atoms with Gasteiger partial charge in [-0.3, -0.25) is 0 Å². The first-order valence-electron chi connectivity index (χ1n) is 6.23. The molecule has 17 heavy (non-hydrogen) atoms. The van der Waals surface area contributed by atoms with E-state index in [1.165, 1.54) is 5.56 Å². The molecule has 1 aliphatic rings. The second-order valence-electron chi connectivity index (χ2n) is 4.50. The summed E-state index contributed by atoms with van der Waals surface area (Å²) in [5.74, 6) is 0. The number of hydrogen-bond acceptors (Lipinski definition) is 3. The van der Waals surface area contributed by atoms with Gasteiger partial charge in [0.25, 0.3) is 0 Å². The molecule has 0 N–H and O–H groups in total. The van der Waals surface area contributed by atoms with E-state index in [-0.39, 0.29) is 0 Å². The van der Waals surface area contributed by atoms with E-state index >= 15 is 0 Å². The van der Waals surface area contributed by atoms with Crippen LogP contribution >= 0.6 is 0 Å². The van der Waals surface area contributed by atoms with Gasteiger partial charge in [0.1, 0.15) is 6.07 Å². The number of benzene rings is 1. The molecule has 1 fully saturated rings. The zero-order valence-electron chi connectivity index (χ0n) is 10.6. The van der Waals surface area contributed by atoms with E-state index in [0.717, 1.165) is 44.0 Å². The van der Waals surface area contributed by atoms with Crippen molar-refractivity contribution in [2.45, 2.75) is 13.8 Å². The zero-order chi connectivity index (χ0) is 12.3. The maximum atomic E-state index is 9.18. The van der Waals surface area contributed by atoms with Crippen molar-refractivity contribution in [3.8, 4) is 6.07 Å². The summed E-state index contributed by atoms with van der Waals surface area (Å²) in [7, 11) is 0. The number of likely N-dealkylation sites (N-methyl/N-ethyl adjacent to an activating group) is 1.